The number of allylic oxidation sites excluding steroid dienone is 2. The molecule has 0 aliphatic carbocycles. The highest BCUT2D eigenvalue weighted by Crippen LogP contribution is 2.06. The van der Waals surface area contributed by atoms with Gasteiger partial charge in [-0.1, -0.05) is 44.8 Å². The second-order valence-electron chi connectivity index (χ2n) is 3.72. The molecule has 0 saturated heterocycles. The van der Waals surface area contributed by atoms with Gasteiger partial charge in [0.2, 0.25) is 0 Å². The van der Waals surface area contributed by atoms with E-state index in [1.165, 1.54) is 38.5 Å². The molecule has 0 aromatic heterocycles. The van der Waals surface area contributed by atoms with Crippen LogP contribution in [0, 0.1) is 11.3 Å². The summed E-state index contributed by atoms with van der Waals surface area (Å²) in [5, 5.41) is 8.32. The molecule has 0 aromatic carbocycles. The summed E-state index contributed by atoms with van der Waals surface area (Å²) in [6.45, 7) is 2.25. The van der Waals surface area contributed by atoms with Gasteiger partial charge in [-0.2, -0.15) is 5.26 Å². The van der Waals surface area contributed by atoms with Gasteiger partial charge < -0.3 is 0 Å². The lowest BCUT2D eigenvalue weighted by Crippen LogP contribution is -1.76. The number of hydrogen-bond donors (Lipinski definition) is 0. The largest absolute Gasteiger partial charge is 0.198 e. The Morgan fingerprint density at radius 2 is 1.57 bits per heavy atom. The second kappa shape index (κ2) is 12.2. The Kier molecular flexibility index (Phi) is 11.6. The molecule has 0 aliphatic heterocycles. The molecule has 0 N–H and O–H groups in total. The molecule has 0 bridgehead atoms. The lowest BCUT2D eigenvalue weighted by atomic mass is 10.1. The van der Waals surface area contributed by atoms with Crippen molar-refractivity contribution >= 4 is 0 Å². The first-order chi connectivity index (χ1) is 6.91. The molecular weight excluding hydrogens is 170 g/mol. The second-order valence-corrected chi connectivity index (χ2v) is 3.72. The van der Waals surface area contributed by atoms with Crippen LogP contribution in [0.5, 0.6) is 0 Å². The maximum atomic E-state index is 8.32. The van der Waals surface area contributed by atoms with Crippen LogP contribution in [0.4, 0.5) is 0 Å². The van der Waals surface area contributed by atoms with Gasteiger partial charge in [-0.3, -0.25) is 0 Å². The van der Waals surface area contributed by atoms with Crippen LogP contribution in [0.1, 0.15) is 64.7 Å². The summed E-state index contributed by atoms with van der Waals surface area (Å²) in [5.74, 6) is 0. The Morgan fingerprint density at radius 3 is 2.21 bits per heavy atom. The molecule has 0 saturated carbocycles. The highest BCUT2D eigenvalue weighted by molar-refractivity contribution is 4.82. The quantitative estimate of drug-likeness (QED) is 0.388. The average molecular weight is 193 g/mol. The number of unbranched alkanes of at least 4 members (excludes halogenated alkanes) is 7. The minimum absolute atomic E-state index is 0.695. The van der Waals surface area contributed by atoms with Gasteiger partial charge in [0.25, 0.3) is 0 Å². The minimum Gasteiger partial charge on any atom is -0.198 e. The Balaban J connectivity index is 3.00. The molecule has 0 unspecified atom stereocenters. The molecule has 0 spiro atoms. The first-order valence-corrected chi connectivity index (χ1v) is 5.93. The number of nitriles is 1. The summed E-state index contributed by atoms with van der Waals surface area (Å²) < 4.78 is 0. The number of rotatable bonds is 9. The molecule has 1 nitrogen and oxygen atoms in total. The summed E-state index contributed by atoms with van der Waals surface area (Å²) >= 11 is 0. The van der Waals surface area contributed by atoms with Crippen LogP contribution < -0.4 is 0 Å². The molecule has 0 amide bonds. The van der Waals surface area contributed by atoms with E-state index in [2.05, 4.69) is 25.1 Å². The van der Waals surface area contributed by atoms with Crippen LogP contribution >= 0.6 is 0 Å². The molecule has 0 aromatic rings. The molecule has 0 rings (SSSR count). The first-order valence-electron chi connectivity index (χ1n) is 5.93. The summed E-state index contributed by atoms with van der Waals surface area (Å²) in [5.41, 5.74) is 0. The van der Waals surface area contributed by atoms with Gasteiger partial charge in [-0.15, -0.1) is 0 Å². The van der Waals surface area contributed by atoms with E-state index in [4.69, 9.17) is 5.26 Å². The molecule has 0 heterocycles. The number of nitrogens with zero attached hydrogens (tertiary/aromatic N) is 1. The van der Waals surface area contributed by atoms with Gasteiger partial charge in [0.15, 0.2) is 0 Å². The monoisotopic (exact) mass is 193 g/mol. The van der Waals surface area contributed by atoms with Crippen LogP contribution in [-0.4, -0.2) is 0 Å². The zero-order valence-electron chi connectivity index (χ0n) is 9.47. The highest BCUT2D eigenvalue weighted by atomic mass is 14.2. The fourth-order valence-corrected chi connectivity index (χ4v) is 1.40. The van der Waals surface area contributed by atoms with Crippen LogP contribution in [0.2, 0.25) is 0 Å². The smallest absolute Gasteiger partial charge is 0.0621 e. The van der Waals surface area contributed by atoms with Crippen molar-refractivity contribution in [1.29, 1.82) is 5.26 Å². The van der Waals surface area contributed by atoms with Crippen LogP contribution in [0.25, 0.3) is 0 Å². The molecule has 0 radical (unpaired) electrons. The van der Waals surface area contributed by atoms with E-state index < -0.39 is 0 Å². The van der Waals surface area contributed by atoms with Crippen molar-refractivity contribution in [2.75, 3.05) is 0 Å². The SMILES string of the molecule is CCCCCCC/C=C/CCCC#N. The highest BCUT2D eigenvalue weighted by Gasteiger charge is 1.86. The fraction of sp³-hybridized carbons (Fsp3) is 0.769. The summed E-state index contributed by atoms with van der Waals surface area (Å²) in [7, 11) is 0. The maximum Gasteiger partial charge on any atom is 0.0621 e. The van der Waals surface area contributed by atoms with Crippen LogP contribution in [0.3, 0.4) is 0 Å². The van der Waals surface area contributed by atoms with Gasteiger partial charge in [0.05, 0.1) is 6.07 Å². The normalized spacial score (nSPS) is 10.6. The Labute approximate surface area is 88.8 Å². The topological polar surface area (TPSA) is 23.8 Å². The fourth-order valence-electron chi connectivity index (χ4n) is 1.40. The van der Waals surface area contributed by atoms with Crippen LogP contribution in [-0.2, 0) is 0 Å². The van der Waals surface area contributed by atoms with Crippen molar-refractivity contribution < 1.29 is 0 Å². The lowest BCUT2D eigenvalue weighted by Gasteiger charge is -1.95. The number of hydrogen-bond acceptors (Lipinski definition) is 1. The molecule has 0 atom stereocenters. The van der Waals surface area contributed by atoms with Crippen molar-refractivity contribution in [2.45, 2.75) is 64.7 Å². The Morgan fingerprint density at radius 1 is 0.929 bits per heavy atom. The Hall–Kier alpha value is -0.770. The zero-order valence-corrected chi connectivity index (χ0v) is 9.47. The van der Waals surface area contributed by atoms with E-state index in [1.54, 1.807) is 0 Å². The van der Waals surface area contributed by atoms with E-state index in [9.17, 15) is 0 Å². The predicted octanol–water partition coefficient (Wildman–Crippen LogP) is 4.60. The molecular formula is C13H23N. The van der Waals surface area contributed by atoms with E-state index >= 15 is 0 Å². The third-order valence-corrected chi connectivity index (χ3v) is 2.30. The third kappa shape index (κ3) is 11.2. The molecule has 80 valence electrons. The van der Waals surface area contributed by atoms with Crippen molar-refractivity contribution in [1.82, 2.24) is 0 Å². The predicted molar refractivity (Wildman–Crippen MR) is 62.0 cm³/mol. The van der Waals surface area contributed by atoms with Gasteiger partial charge >= 0.3 is 0 Å². The van der Waals surface area contributed by atoms with Gasteiger partial charge in [0.1, 0.15) is 0 Å². The van der Waals surface area contributed by atoms with E-state index in [0.29, 0.717) is 6.42 Å². The molecule has 1 heteroatoms. The summed E-state index contributed by atoms with van der Waals surface area (Å²) in [6, 6.07) is 2.16. The maximum absolute atomic E-state index is 8.32. The molecule has 0 aliphatic rings. The minimum atomic E-state index is 0.695. The lowest BCUT2D eigenvalue weighted by molar-refractivity contribution is 0.637. The summed E-state index contributed by atoms with van der Waals surface area (Å²) in [4.78, 5) is 0. The molecule has 14 heavy (non-hydrogen) atoms. The van der Waals surface area contributed by atoms with E-state index in [0.717, 1.165) is 12.8 Å². The van der Waals surface area contributed by atoms with Gasteiger partial charge in [-0.05, 0) is 25.7 Å². The van der Waals surface area contributed by atoms with Gasteiger partial charge in [-0.25, -0.2) is 0 Å². The van der Waals surface area contributed by atoms with E-state index in [-0.39, 0.29) is 0 Å². The van der Waals surface area contributed by atoms with Crippen molar-refractivity contribution in [3.05, 3.63) is 12.2 Å². The van der Waals surface area contributed by atoms with Crippen molar-refractivity contribution in [2.24, 2.45) is 0 Å². The average Bonchev–Trinajstić information content (AvgIpc) is 2.21. The van der Waals surface area contributed by atoms with Crippen molar-refractivity contribution in [3.8, 4) is 6.07 Å². The summed E-state index contributed by atoms with van der Waals surface area (Å²) in [6.07, 6.45) is 15.3. The Bertz CT molecular complexity index is 165. The van der Waals surface area contributed by atoms with Crippen LogP contribution in [0.15, 0.2) is 12.2 Å². The molecule has 0 fully saturated rings. The zero-order chi connectivity index (χ0) is 10.5. The van der Waals surface area contributed by atoms with Gasteiger partial charge in [0, 0.05) is 6.42 Å². The standard InChI is InChI=1S/C13H23N/c1-2-3-4-5-6-7-8-9-10-11-12-13-14/h8-9H,2-7,10-12H2,1H3/b9-8+. The first kappa shape index (κ1) is 13.2. The third-order valence-electron chi connectivity index (χ3n) is 2.30. The van der Waals surface area contributed by atoms with E-state index in [1.807, 2.05) is 0 Å². The van der Waals surface area contributed by atoms with Crippen molar-refractivity contribution in [3.63, 3.8) is 0 Å².